The highest BCUT2D eigenvalue weighted by Gasteiger charge is 2.32. The average Bonchev–Trinajstić information content (AvgIpc) is 2.77. The molecule has 0 spiro atoms. The van der Waals surface area contributed by atoms with Crippen LogP contribution in [0.15, 0.2) is 0 Å². The van der Waals surface area contributed by atoms with Crippen LogP contribution in [-0.4, -0.2) is 65.1 Å². The van der Waals surface area contributed by atoms with Crippen LogP contribution in [0.1, 0.15) is 85.0 Å². The second-order valence-corrected chi connectivity index (χ2v) is 10.1. The predicted octanol–water partition coefficient (Wildman–Crippen LogP) is 2.40. The minimum absolute atomic E-state index is 0.0610. The van der Waals surface area contributed by atoms with Gasteiger partial charge in [0, 0.05) is 31.5 Å². The van der Waals surface area contributed by atoms with Crippen molar-refractivity contribution in [3.05, 3.63) is 0 Å². The van der Waals surface area contributed by atoms with E-state index in [2.05, 4.69) is 38.8 Å². The van der Waals surface area contributed by atoms with Crippen molar-refractivity contribution in [2.75, 3.05) is 26.2 Å². The molecule has 3 amide bonds. The first-order valence-corrected chi connectivity index (χ1v) is 12.8. The second kappa shape index (κ2) is 18.3. The SMILES string of the molecule is CCCCCCCCCCC(Br)C(=O)NCCNC(=O)CCNC(=O)[C@H](O)C(C)(C)CO. The van der Waals surface area contributed by atoms with Crippen LogP contribution >= 0.6 is 15.9 Å². The molecule has 0 fully saturated rings. The second-order valence-electron chi connectivity index (χ2n) is 8.96. The quantitative estimate of drug-likeness (QED) is 0.132. The topological polar surface area (TPSA) is 128 Å². The van der Waals surface area contributed by atoms with Crippen molar-refractivity contribution in [2.45, 2.75) is 95.9 Å². The Hall–Kier alpha value is -1.19. The van der Waals surface area contributed by atoms with E-state index in [4.69, 9.17) is 0 Å². The van der Waals surface area contributed by atoms with Crippen molar-refractivity contribution in [3.8, 4) is 0 Å². The maximum Gasteiger partial charge on any atom is 0.249 e. The van der Waals surface area contributed by atoms with Gasteiger partial charge in [0.15, 0.2) is 0 Å². The zero-order valence-electron chi connectivity index (χ0n) is 20.1. The Bertz CT molecular complexity index is 546. The molecule has 0 aromatic heterocycles. The standard InChI is InChI=1S/C23H44BrN3O5/c1-4-5-6-7-8-9-10-11-12-18(24)21(31)27-16-15-25-19(29)13-14-26-22(32)20(30)23(2,3)17-28/h18,20,28,30H,4-17H2,1-3H3,(H,25,29)(H,26,32)(H,27,31)/t18?,20-/m0/s1. The fraction of sp³-hybridized carbons (Fsp3) is 0.870. The van der Waals surface area contributed by atoms with E-state index < -0.39 is 17.4 Å². The van der Waals surface area contributed by atoms with Crippen molar-refractivity contribution in [1.82, 2.24) is 16.0 Å². The van der Waals surface area contributed by atoms with Crippen molar-refractivity contribution < 1.29 is 24.6 Å². The number of hydrogen-bond acceptors (Lipinski definition) is 5. The Morgan fingerprint density at radius 2 is 1.38 bits per heavy atom. The first-order chi connectivity index (χ1) is 15.2. The van der Waals surface area contributed by atoms with Crippen LogP contribution in [0.25, 0.3) is 0 Å². The summed E-state index contributed by atoms with van der Waals surface area (Å²) in [4.78, 5) is 35.5. The number of aliphatic hydroxyl groups excluding tert-OH is 2. The summed E-state index contributed by atoms with van der Waals surface area (Å²) in [6.07, 6.45) is 9.34. The molecule has 0 saturated carbocycles. The molecule has 0 rings (SSSR count). The molecular formula is C23H44BrN3O5. The summed E-state index contributed by atoms with van der Waals surface area (Å²) in [7, 11) is 0. The van der Waals surface area contributed by atoms with Gasteiger partial charge in [-0.05, 0) is 6.42 Å². The summed E-state index contributed by atoms with van der Waals surface area (Å²) in [5.41, 5.74) is -0.952. The Labute approximate surface area is 201 Å². The van der Waals surface area contributed by atoms with E-state index in [1.54, 1.807) is 13.8 Å². The van der Waals surface area contributed by atoms with E-state index in [0.717, 1.165) is 19.3 Å². The van der Waals surface area contributed by atoms with Crippen LogP contribution < -0.4 is 16.0 Å². The van der Waals surface area contributed by atoms with Crippen LogP contribution in [0, 0.1) is 5.41 Å². The summed E-state index contributed by atoms with van der Waals surface area (Å²) >= 11 is 3.43. The highest BCUT2D eigenvalue weighted by Crippen LogP contribution is 2.19. The number of rotatable bonds is 19. The van der Waals surface area contributed by atoms with E-state index in [9.17, 15) is 24.6 Å². The number of halogens is 1. The van der Waals surface area contributed by atoms with Crippen LogP contribution in [0.4, 0.5) is 0 Å². The smallest absolute Gasteiger partial charge is 0.249 e. The Kier molecular flexibility index (Phi) is 17.6. The molecule has 1 unspecified atom stereocenters. The Balaban J connectivity index is 3.77. The fourth-order valence-corrected chi connectivity index (χ4v) is 3.50. The molecular weight excluding hydrogens is 478 g/mol. The number of unbranched alkanes of at least 4 members (excludes halogenated alkanes) is 7. The van der Waals surface area contributed by atoms with Gasteiger partial charge in [0.25, 0.3) is 0 Å². The van der Waals surface area contributed by atoms with E-state index in [0.29, 0.717) is 13.1 Å². The molecule has 5 N–H and O–H groups in total. The molecule has 0 saturated heterocycles. The summed E-state index contributed by atoms with van der Waals surface area (Å²) in [5, 5.41) is 27.0. The van der Waals surface area contributed by atoms with Gasteiger partial charge in [-0.3, -0.25) is 14.4 Å². The van der Waals surface area contributed by atoms with E-state index in [1.165, 1.54) is 38.5 Å². The Morgan fingerprint density at radius 3 is 1.97 bits per heavy atom. The lowest BCUT2D eigenvalue weighted by Gasteiger charge is -2.27. The van der Waals surface area contributed by atoms with Crippen molar-refractivity contribution in [1.29, 1.82) is 0 Å². The van der Waals surface area contributed by atoms with Gasteiger partial charge in [-0.1, -0.05) is 88.1 Å². The maximum absolute atomic E-state index is 12.1. The normalized spacial score (nSPS) is 13.3. The number of alkyl halides is 1. The number of amides is 3. The molecule has 32 heavy (non-hydrogen) atoms. The van der Waals surface area contributed by atoms with Crippen molar-refractivity contribution >= 4 is 33.7 Å². The monoisotopic (exact) mass is 521 g/mol. The minimum Gasteiger partial charge on any atom is -0.396 e. The third kappa shape index (κ3) is 14.8. The predicted molar refractivity (Wildman–Crippen MR) is 130 cm³/mol. The summed E-state index contributed by atoms with van der Waals surface area (Å²) in [5.74, 6) is -0.955. The lowest BCUT2D eigenvalue weighted by molar-refractivity contribution is -0.137. The third-order valence-corrected chi connectivity index (χ3v) is 6.26. The van der Waals surface area contributed by atoms with Gasteiger partial charge in [0.2, 0.25) is 17.7 Å². The van der Waals surface area contributed by atoms with Gasteiger partial charge in [-0.15, -0.1) is 0 Å². The van der Waals surface area contributed by atoms with Crippen LogP contribution in [0.2, 0.25) is 0 Å². The molecule has 0 heterocycles. The number of nitrogens with one attached hydrogen (secondary N) is 3. The number of carbonyl (C=O) groups excluding carboxylic acids is 3. The van der Waals surface area contributed by atoms with Crippen LogP contribution in [0.5, 0.6) is 0 Å². The summed E-state index contributed by atoms with van der Waals surface area (Å²) < 4.78 is 0. The number of hydrogen-bond donors (Lipinski definition) is 5. The first kappa shape index (κ1) is 30.8. The van der Waals surface area contributed by atoms with Crippen LogP contribution in [-0.2, 0) is 14.4 Å². The molecule has 0 aliphatic heterocycles. The zero-order valence-corrected chi connectivity index (χ0v) is 21.6. The molecule has 0 aliphatic carbocycles. The molecule has 0 radical (unpaired) electrons. The molecule has 188 valence electrons. The lowest BCUT2D eigenvalue weighted by Crippen LogP contribution is -2.46. The first-order valence-electron chi connectivity index (χ1n) is 11.9. The van der Waals surface area contributed by atoms with Crippen LogP contribution in [0.3, 0.4) is 0 Å². The van der Waals surface area contributed by atoms with E-state index in [1.807, 2.05) is 0 Å². The number of aliphatic hydroxyl groups is 2. The number of carbonyl (C=O) groups is 3. The van der Waals surface area contributed by atoms with Gasteiger partial charge in [0.05, 0.1) is 11.4 Å². The minimum atomic E-state index is -1.35. The Morgan fingerprint density at radius 1 is 0.844 bits per heavy atom. The van der Waals surface area contributed by atoms with Crippen molar-refractivity contribution in [2.24, 2.45) is 5.41 Å². The van der Waals surface area contributed by atoms with E-state index in [-0.39, 0.29) is 36.2 Å². The van der Waals surface area contributed by atoms with E-state index >= 15 is 0 Å². The molecule has 0 aromatic carbocycles. The highest BCUT2D eigenvalue weighted by atomic mass is 79.9. The largest absolute Gasteiger partial charge is 0.396 e. The average molecular weight is 523 g/mol. The zero-order chi connectivity index (χ0) is 24.4. The highest BCUT2D eigenvalue weighted by molar-refractivity contribution is 9.10. The molecule has 9 heteroatoms. The van der Waals surface area contributed by atoms with Gasteiger partial charge < -0.3 is 26.2 Å². The van der Waals surface area contributed by atoms with Crippen molar-refractivity contribution in [3.63, 3.8) is 0 Å². The van der Waals surface area contributed by atoms with Gasteiger partial charge in [-0.25, -0.2) is 0 Å². The van der Waals surface area contributed by atoms with Gasteiger partial charge >= 0.3 is 0 Å². The molecule has 0 bridgehead atoms. The van der Waals surface area contributed by atoms with Gasteiger partial charge in [0.1, 0.15) is 6.10 Å². The summed E-state index contributed by atoms with van der Waals surface area (Å²) in [6, 6.07) is 0. The lowest BCUT2D eigenvalue weighted by atomic mass is 9.87. The van der Waals surface area contributed by atoms with Gasteiger partial charge in [-0.2, -0.15) is 0 Å². The maximum atomic E-state index is 12.1. The molecule has 2 atom stereocenters. The molecule has 0 aromatic rings. The third-order valence-electron chi connectivity index (χ3n) is 5.39. The molecule has 8 nitrogen and oxygen atoms in total. The fourth-order valence-electron chi connectivity index (χ4n) is 3.01. The summed E-state index contributed by atoms with van der Waals surface area (Å²) in [6.45, 7) is 5.75. The molecule has 0 aliphatic rings.